The number of halogens is 2. The van der Waals surface area contributed by atoms with E-state index in [1.54, 1.807) is 6.07 Å². The van der Waals surface area contributed by atoms with Crippen LogP contribution in [0.25, 0.3) is 0 Å². The van der Waals surface area contributed by atoms with E-state index >= 15 is 0 Å². The molecule has 0 spiro atoms. The number of nitrogens with zero attached hydrogens (tertiary/aromatic N) is 1. The number of guanidine groups is 1. The largest absolute Gasteiger partial charge is 0.389 e. The molecule has 26 heavy (non-hydrogen) atoms. The Morgan fingerprint density at radius 2 is 2.00 bits per heavy atom. The smallest absolute Gasteiger partial charge is 0.191 e. The number of aryl methyl sites for hydroxylation is 1. The lowest BCUT2D eigenvalue weighted by molar-refractivity contribution is 0.0301. The maximum atomic E-state index is 13.1. The zero-order chi connectivity index (χ0) is 18.7. The summed E-state index contributed by atoms with van der Waals surface area (Å²) in [5.74, 6) is 0.896. The Balaban J connectivity index is 0.00000625. The molecular weight excluding hydrogens is 448 g/mol. The highest BCUT2D eigenvalue weighted by molar-refractivity contribution is 14.0. The molecule has 0 bridgehead atoms. The molecule has 0 saturated carbocycles. The minimum Gasteiger partial charge on any atom is -0.389 e. The van der Waals surface area contributed by atoms with Crippen molar-refractivity contribution in [3.05, 3.63) is 35.1 Å². The predicted octanol–water partition coefficient (Wildman–Crippen LogP) is 2.88. The fourth-order valence-corrected chi connectivity index (χ4v) is 2.29. The van der Waals surface area contributed by atoms with Crippen LogP contribution in [0.4, 0.5) is 4.39 Å². The summed E-state index contributed by atoms with van der Waals surface area (Å²) >= 11 is 0. The van der Waals surface area contributed by atoms with Gasteiger partial charge in [0.25, 0.3) is 0 Å². The van der Waals surface area contributed by atoms with Gasteiger partial charge in [0.2, 0.25) is 0 Å². The van der Waals surface area contributed by atoms with Crippen LogP contribution in [0.5, 0.6) is 0 Å². The molecule has 5 nitrogen and oxygen atoms in total. The Hall–Kier alpha value is -0.930. The van der Waals surface area contributed by atoms with Gasteiger partial charge >= 0.3 is 0 Å². The van der Waals surface area contributed by atoms with Crippen molar-refractivity contribution in [3.63, 3.8) is 0 Å². The highest BCUT2D eigenvalue weighted by Crippen LogP contribution is 2.10. The number of aliphatic hydroxyl groups is 1. The monoisotopic (exact) mass is 481 g/mol. The molecule has 0 heterocycles. The van der Waals surface area contributed by atoms with Gasteiger partial charge in [-0.2, -0.15) is 0 Å². The molecule has 0 saturated heterocycles. The molecule has 1 aromatic rings. The normalized spacial score (nSPS) is 12.7. The van der Waals surface area contributed by atoms with Gasteiger partial charge in [0, 0.05) is 19.7 Å². The van der Waals surface area contributed by atoms with Crippen LogP contribution in [-0.2, 0) is 11.2 Å². The Kier molecular flexibility index (Phi) is 13.7. The van der Waals surface area contributed by atoms with Gasteiger partial charge in [-0.05, 0) is 49.4 Å². The third kappa shape index (κ3) is 10.9. The fourth-order valence-electron chi connectivity index (χ4n) is 2.29. The SMILES string of the molecule is CCNC(=NCC(O)COCC(C)C)NCCc1ccc(F)cc1C.I. The number of benzene rings is 1. The molecule has 0 aliphatic heterocycles. The molecule has 150 valence electrons. The van der Waals surface area contributed by atoms with Crippen molar-refractivity contribution >= 4 is 29.9 Å². The van der Waals surface area contributed by atoms with Crippen molar-refractivity contribution in [2.24, 2.45) is 10.9 Å². The molecular formula is C19H33FIN3O2. The van der Waals surface area contributed by atoms with Crippen molar-refractivity contribution in [2.75, 3.05) is 32.8 Å². The van der Waals surface area contributed by atoms with E-state index in [4.69, 9.17) is 4.74 Å². The number of rotatable bonds is 10. The summed E-state index contributed by atoms with van der Waals surface area (Å²) in [6, 6.07) is 4.84. The van der Waals surface area contributed by atoms with Gasteiger partial charge in [-0.3, -0.25) is 4.99 Å². The van der Waals surface area contributed by atoms with Crippen LogP contribution in [-0.4, -0.2) is 50.0 Å². The summed E-state index contributed by atoms with van der Waals surface area (Å²) in [5, 5.41) is 16.3. The summed E-state index contributed by atoms with van der Waals surface area (Å²) in [6.45, 7) is 10.7. The van der Waals surface area contributed by atoms with Crippen molar-refractivity contribution in [1.82, 2.24) is 10.6 Å². The second kappa shape index (κ2) is 14.2. The van der Waals surface area contributed by atoms with E-state index in [1.807, 2.05) is 19.9 Å². The number of aliphatic hydroxyl groups excluding tert-OH is 1. The second-order valence-electron chi connectivity index (χ2n) is 6.55. The van der Waals surface area contributed by atoms with E-state index in [2.05, 4.69) is 29.5 Å². The van der Waals surface area contributed by atoms with Gasteiger partial charge in [0.15, 0.2) is 5.96 Å². The third-order valence-corrected chi connectivity index (χ3v) is 3.56. The van der Waals surface area contributed by atoms with E-state index < -0.39 is 6.10 Å². The van der Waals surface area contributed by atoms with Crippen LogP contribution < -0.4 is 10.6 Å². The third-order valence-electron chi connectivity index (χ3n) is 3.56. The van der Waals surface area contributed by atoms with Crippen molar-refractivity contribution < 1.29 is 14.2 Å². The molecule has 7 heteroatoms. The minimum absolute atomic E-state index is 0. The number of aliphatic imine (C=N–C) groups is 1. The van der Waals surface area contributed by atoms with Crippen LogP contribution in [0, 0.1) is 18.7 Å². The Labute approximate surface area is 173 Å². The first-order valence-electron chi connectivity index (χ1n) is 8.95. The van der Waals surface area contributed by atoms with Crippen molar-refractivity contribution in [1.29, 1.82) is 0 Å². The molecule has 0 aromatic heterocycles. The molecule has 0 aliphatic rings. The number of hydrogen-bond acceptors (Lipinski definition) is 3. The van der Waals surface area contributed by atoms with Gasteiger partial charge < -0.3 is 20.5 Å². The van der Waals surface area contributed by atoms with E-state index in [9.17, 15) is 9.50 Å². The average molecular weight is 481 g/mol. The lowest BCUT2D eigenvalue weighted by Crippen LogP contribution is -2.39. The van der Waals surface area contributed by atoms with Gasteiger partial charge in [-0.1, -0.05) is 19.9 Å². The summed E-state index contributed by atoms with van der Waals surface area (Å²) in [4.78, 5) is 4.38. The van der Waals surface area contributed by atoms with Crippen LogP contribution >= 0.6 is 24.0 Å². The molecule has 0 aliphatic carbocycles. The summed E-state index contributed by atoms with van der Waals surface area (Å²) in [7, 11) is 0. The highest BCUT2D eigenvalue weighted by Gasteiger charge is 2.06. The zero-order valence-corrected chi connectivity index (χ0v) is 18.5. The topological polar surface area (TPSA) is 65.9 Å². The molecule has 0 radical (unpaired) electrons. The Morgan fingerprint density at radius 3 is 2.62 bits per heavy atom. The van der Waals surface area contributed by atoms with Crippen LogP contribution in [0.1, 0.15) is 31.9 Å². The molecule has 0 amide bonds. The summed E-state index contributed by atoms with van der Waals surface area (Å²) < 4.78 is 18.5. The van der Waals surface area contributed by atoms with Crippen LogP contribution in [0.15, 0.2) is 23.2 Å². The predicted molar refractivity (Wildman–Crippen MR) is 116 cm³/mol. The first-order chi connectivity index (χ1) is 11.9. The van der Waals surface area contributed by atoms with E-state index in [0.29, 0.717) is 25.0 Å². The van der Waals surface area contributed by atoms with Crippen LogP contribution in [0.3, 0.4) is 0 Å². The molecule has 1 atom stereocenters. The molecule has 1 aromatic carbocycles. The Morgan fingerprint density at radius 1 is 1.27 bits per heavy atom. The number of hydrogen-bond donors (Lipinski definition) is 3. The van der Waals surface area contributed by atoms with Crippen molar-refractivity contribution in [2.45, 2.75) is 40.2 Å². The molecule has 3 N–H and O–H groups in total. The summed E-state index contributed by atoms with van der Waals surface area (Å²) in [6.07, 6.45) is 0.157. The van der Waals surface area contributed by atoms with Crippen molar-refractivity contribution in [3.8, 4) is 0 Å². The highest BCUT2D eigenvalue weighted by atomic mass is 127. The van der Waals surface area contributed by atoms with Gasteiger partial charge in [-0.15, -0.1) is 24.0 Å². The molecule has 0 fully saturated rings. The lowest BCUT2D eigenvalue weighted by Gasteiger charge is -2.14. The maximum Gasteiger partial charge on any atom is 0.191 e. The Bertz CT molecular complexity index is 542. The number of nitrogens with one attached hydrogen (secondary N) is 2. The van der Waals surface area contributed by atoms with E-state index in [-0.39, 0.29) is 42.9 Å². The number of ether oxygens (including phenoxy) is 1. The average Bonchev–Trinajstić information content (AvgIpc) is 2.54. The van der Waals surface area contributed by atoms with Gasteiger partial charge in [0.1, 0.15) is 5.82 Å². The van der Waals surface area contributed by atoms with E-state index in [1.165, 1.54) is 6.07 Å². The lowest BCUT2D eigenvalue weighted by atomic mass is 10.1. The molecule has 1 rings (SSSR count). The quantitative estimate of drug-likeness (QED) is 0.273. The standard InChI is InChI=1S/C19H32FN3O2.HI/c1-5-21-19(23-11-18(24)13-25-12-14(2)3)22-9-8-16-6-7-17(20)10-15(16)4;/h6-7,10,14,18,24H,5,8-9,11-13H2,1-4H3,(H2,21,22,23);1H. The first kappa shape index (κ1) is 25.1. The summed E-state index contributed by atoms with van der Waals surface area (Å²) in [5.41, 5.74) is 2.05. The van der Waals surface area contributed by atoms with Gasteiger partial charge in [0.05, 0.1) is 19.3 Å². The van der Waals surface area contributed by atoms with Crippen LogP contribution in [0.2, 0.25) is 0 Å². The minimum atomic E-state index is -0.617. The zero-order valence-electron chi connectivity index (χ0n) is 16.2. The first-order valence-corrected chi connectivity index (χ1v) is 8.95. The van der Waals surface area contributed by atoms with E-state index in [0.717, 1.165) is 24.1 Å². The maximum absolute atomic E-state index is 13.1. The second-order valence-corrected chi connectivity index (χ2v) is 6.55. The fraction of sp³-hybridized carbons (Fsp3) is 0.632. The molecule has 1 unspecified atom stereocenters. The van der Waals surface area contributed by atoms with Gasteiger partial charge in [-0.25, -0.2) is 4.39 Å².